The molecule has 0 aliphatic rings. The molecule has 1 amide bonds. The average molecular weight is 278 g/mol. The van der Waals surface area contributed by atoms with Crippen LogP contribution in [-0.4, -0.2) is 15.9 Å². The Bertz CT molecular complexity index is 566. The average Bonchev–Trinajstić information content (AvgIpc) is 2.92. The summed E-state index contributed by atoms with van der Waals surface area (Å²) in [5.74, 6) is 0.643. The first-order chi connectivity index (χ1) is 9.11. The van der Waals surface area contributed by atoms with Crippen LogP contribution in [0.4, 0.5) is 0 Å². The Morgan fingerprint density at radius 1 is 1.53 bits per heavy atom. The summed E-state index contributed by atoms with van der Waals surface area (Å²) in [7, 11) is 0. The van der Waals surface area contributed by atoms with Crippen LogP contribution in [0.3, 0.4) is 0 Å². The predicted molar refractivity (Wildman–Crippen MR) is 75.3 cm³/mol. The molecular formula is C14H16ClN3O. The Kier molecular flexibility index (Phi) is 4.22. The van der Waals surface area contributed by atoms with Crippen molar-refractivity contribution in [3.05, 3.63) is 52.6 Å². The first-order valence-corrected chi connectivity index (χ1v) is 6.56. The third-order valence-corrected chi connectivity index (χ3v) is 3.41. The molecular weight excluding hydrogens is 262 g/mol. The molecule has 0 radical (unpaired) electrons. The Morgan fingerprint density at radius 2 is 2.32 bits per heavy atom. The van der Waals surface area contributed by atoms with Crippen molar-refractivity contribution in [3.63, 3.8) is 0 Å². The van der Waals surface area contributed by atoms with Crippen LogP contribution in [0.25, 0.3) is 0 Å². The van der Waals surface area contributed by atoms with Gasteiger partial charge in [-0.3, -0.25) is 4.79 Å². The number of rotatable bonds is 4. The topological polar surface area (TPSA) is 57.8 Å². The Labute approximate surface area is 117 Å². The van der Waals surface area contributed by atoms with Crippen LogP contribution >= 0.6 is 11.6 Å². The number of hydrogen-bond donors (Lipinski definition) is 2. The standard InChI is InChI=1S/C14H16ClN3O/c1-3-12(13-16-6-7-17-13)18-14(19)10-4-5-11(15)9(2)8-10/h4-8,12H,3H2,1-2H3,(H,16,17)(H,18,19). The molecule has 2 aromatic rings. The zero-order valence-corrected chi connectivity index (χ0v) is 11.7. The van der Waals surface area contributed by atoms with E-state index in [4.69, 9.17) is 11.6 Å². The number of nitrogens with zero attached hydrogens (tertiary/aromatic N) is 1. The molecule has 0 saturated carbocycles. The number of aromatic nitrogens is 2. The van der Waals surface area contributed by atoms with Gasteiger partial charge in [0.05, 0.1) is 6.04 Å². The van der Waals surface area contributed by atoms with Gasteiger partial charge in [-0.25, -0.2) is 4.98 Å². The van der Waals surface area contributed by atoms with Crippen LogP contribution in [0.15, 0.2) is 30.6 Å². The van der Waals surface area contributed by atoms with Crippen LogP contribution in [0.1, 0.15) is 41.1 Å². The van der Waals surface area contributed by atoms with E-state index in [0.717, 1.165) is 17.8 Å². The SMILES string of the molecule is CCC(NC(=O)c1ccc(Cl)c(C)c1)c1ncc[nH]1. The van der Waals surface area contributed by atoms with Crippen LogP contribution in [0, 0.1) is 6.92 Å². The van der Waals surface area contributed by atoms with Gasteiger partial charge in [-0.2, -0.15) is 0 Å². The van der Waals surface area contributed by atoms with Gasteiger partial charge in [0, 0.05) is 23.0 Å². The highest BCUT2D eigenvalue weighted by Crippen LogP contribution is 2.18. The zero-order valence-electron chi connectivity index (χ0n) is 10.9. The van der Waals surface area contributed by atoms with Crippen molar-refractivity contribution in [1.82, 2.24) is 15.3 Å². The molecule has 4 nitrogen and oxygen atoms in total. The van der Waals surface area contributed by atoms with E-state index in [9.17, 15) is 4.79 Å². The number of H-pyrrole nitrogens is 1. The van der Waals surface area contributed by atoms with Gasteiger partial charge in [0.15, 0.2) is 0 Å². The van der Waals surface area contributed by atoms with E-state index in [2.05, 4.69) is 15.3 Å². The number of hydrogen-bond acceptors (Lipinski definition) is 2. The number of benzene rings is 1. The highest BCUT2D eigenvalue weighted by atomic mass is 35.5. The van der Waals surface area contributed by atoms with Crippen LogP contribution in [-0.2, 0) is 0 Å². The lowest BCUT2D eigenvalue weighted by atomic mass is 10.1. The van der Waals surface area contributed by atoms with Crippen LogP contribution < -0.4 is 5.32 Å². The smallest absolute Gasteiger partial charge is 0.251 e. The minimum Gasteiger partial charge on any atom is -0.347 e. The molecule has 0 saturated heterocycles. The first-order valence-electron chi connectivity index (χ1n) is 6.18. The molecule has 1 aromatic heterocycles. The molecule has 0 spiro atoms. The zero-order chi connectivity index (χ0) is 13.8. The van der Waals surface area contributed by atoms with Gasteiger partial charge >= 0.3 is 0 Å². The number of aromatic amines is 1. The molecule has 1 unspecified atom stereocenters. The number of amides is 1. The highest BCUT2D eigenvalue weighted by Gasteiger charge is 2.16. The van der Waals surface area contributed by atoms with Crippen LogP contribution in [0.2, 0.25) is 5.02 Å². The van der Waals surface area contributed by atoms with Gasteiger partial charge in [-0.1, -0.05) is 18.5 Å². The van der Waals surface area contributed by atoms with E-state index in [-0.39, 0.29) is 11.9 Å². The Morgan fingerprint density at radius 3 is 2.89 bits per heavy atom. The maximum atomic E-state index is 12.2. The molecule has 0 fully saturated rings. The lowest BCUT2D eigenvalue weighted by Gasteiger charge is -2.15. The van der Waals surface area contributed by atoms with Crippen molar-refractivity contribution in [2.75, 3.05) is 0 Å². The fraction of sp³-hybridized carbons (Fsp3) is 0.286. The second kappa shape index (κ2) is 5.89. The third-order valence-electron chi connectivity index (χ3n) is 2.98. The van der Waals surface area contributed by atoms with Gasteiger partial charge in [-0.05, 0) is 37.1 Å². The molecule has 0 bridgehead atoms. The molecule has 2 rings (SSSR count). The van der Waals surface area contributed by atoms with Gasteiger partial charge in [0.2, 0.25) is 0 Å². The number of halogens is 1. The van der Waals surface area contributed by atoms with Crippen molar-refractivity contribution in [3.8, 4) is 0 Å². The number of imidazole rings is 1. The molecule has 0 aliphatic heterocycles. The molecule has 19 heavy (non-hydrogen) atoms. The lowest BCUT2D eigenvalue weighted by Crippen LogP contribution is -2.28. The summed E-state index contributed by atoms with van der Waals surface area (Å²) < 4.78 is 0. The Balaban J connectivity index is 2.13. The Hall–Kier alpha value is -1.81. The van der Waals surface area contributed by atoms with Crippen molar-refractivity contribution in [1.29, 1.82) is 0 Å². The molecule has 5 heteroatoms. The third kappa shape index (κ3) is 3.15. The van der Waals surface area contributed by atoms with Crippen molar-refractivity contribution in [2.24, 2.45) is 0 Å². The van der Waals surface area contributed by atoms with Crippen LogP contribution in [0.5, 0.6) is 0 Å². The minimum absolute atomic E-state index is 0.113. The summed E-state index contributed by atoms with van der Waals surface area (Å²) >= 11 is 5.95. The van der Waals surface area contributed by atoms with E-state index >= 15 is 0 Å². The normalized spacial score (nSPS) is 12.2. The summed E-state index contributed by atoms with van der Waals surface area (Å²) in [6.45, 7) is 3.88. The quantitative estimate of drug-likeness (QED) is 0.901. The second-order valence-electron chi connectivity index (χ2n) is 4.37. The van der Waals surface area contributed by atoms with Crippen molar-refractivity contribution < 1.29 is 4.79 Å². The van der Waals surface area contributed by atoms with E-state index in [1.165, 1.54) is 0 Å². The minimum atomic E-state index is -0.122. The van der Waals surface area contributed by atoms with E-state index in [1.807, 2.05) is 13.8 Å². The number of aryl methyl sites for hydroxylation is 1. The fourth-order valence-corrected chi connectivity index (χ4v) is 1.98. The number of carbonyl (C=O) groups is 1. The van der Waals surface area contributed by atoms with E-state index in [0.29, 0.717) is 10.6 Å². The summed E-state index contributed by atoms with van der Waals surface area (Å²) in [4.78, 5) is 19.4. The fourth-order valence-electron chi connectivity index (χ4n) is 1.86. The summed E-state index contributed by atoms with van der Waals surface area (Å²) in [6.07, 6.45) is 4.19. The van der Waals surface area contributed by atoms with Gasteiger partial charge in [0.1, 0.15) is 5.82 Å². The maximum Gasteiger partial charge on any atom is 0.251 e. The number of carbonyl (C=O) groups excluding carboxylic acids is 1. The summed E-state index contributed by atoms with van der Waals surface area (Å²) in [5, 5.41) is 3.62. The molecule has 100 valence electrons. The summed E-state index contributed by atoms with van der Waals surface area (Å²) in [5.41, 5.74) is 1.49. The van der Waals surface area contributed by atoms with Gasteiger partial charge in [-0.15, -0.1) is 0 Å². The van der Waals surface area contributed by atoms with Crippen molar-refractivity contribution >= 4 is 17.5 Å². The van der Waals surface area contributed by atoms with E-state index < -0.39 is 0 Å². The van der Waals surface area contributed by atoms with Gasteiger partial charge < -0.3 is 10.3 Å². The predicted octanol–water partition coefficient (Wildman–Crippen LogP) is 3.25. The van der Waals surface area contributed by atoms with Crippen molar-refractivity contribution in [2.45, 2.75) is 26.3 Å². The first kappa shape index (κ1) is 13.6. The molecule has 1 atom stereocenters. The highest BCUT2D eigenvalue weighted by molar-refractivity contribution is 6.31. The largest absolute Gasteiger partial charge is 0.347 e. The monoisotopic (exact) mass is 277 g/mol. The molecule has 1 aromatic carbocycles. The van der Waals surface area contributed by atoms with E-state index in [1.54, 1.807) is 30.6 Å². The molecule has 0 aliphatic carbocycles. The van der Waals surface area contributed by atoms with Gasteiger partial charge in [0.25, 0.3) is 5.91 Å². The number of nitrogens with one attached hydrogen (secondary N) is 2. The molecule has 2 N–H and O–H groups in total. The lowest BCUT2D eigenvalue weighted by molar-refractivity contribution is 0.0934. The summed E-state index contributed by atoms with van der Waals surface area (Å²) in [6, 6.07) is 5.13. The molecule has 1 heterocycles. The second-order valence-corrected chi connectivity index (χ2v) is 4.78. The maximum absolute atomic E-state index is 12.2.